The van der Waals surface area contributed by atoms with E-state index in [0.29, 0.717) is 19.0 Å². The summed E-state index contributed by atoms with van der Waals surface area (Å²) in [5.74, 6) is 0.376. The highest BCUT2D eigenvalue weighted by Crippen LogP contribution is 2.27. The van der Waals surface area contributed by atoms with Gasteiger partial charge in [-0.2, -0.15) is 4.98 Å². The maximum atomic E-state index is 12.3. The standard InChI is InChI=1S/C17H19N3O2/c1-11-5-4-6-15(12(11)2)14-7-9-20(10-8-14)17(21)16-18-13(3)22-19-16/h4-7H,8-10H2,1-3H3. The van der Waals surface area contributed by atoms with Crippen molar-refractivity contribution in [2.45, 2.75) is 27.2 Å². The van der Waals surface area contributed by atoms with Crippen LogP contribution in [0.4, 0.5) is 0 Å². The van der Waals surface area contributed by atoms with Crippen molar-refractivity contribution >= 4 is 11.5 Å². The average Bonchev–Trinajstić information content (AvgIpc) is 2.96. The summed E-state index contributed by atoms with van der Waals surface area (Å²) < 4.78 is 4.87. The molecule has 5 heteroatoms. The van der Waals surface area contributed by atoms with Gasteiger partial charge in [-0.15, -0.1) is 0 Å². The molecule has 0 radical (unpaired) electrons. The lowest BCUT2D eigenvalue weighted by molar-refractivity contribution is 0.0757. The summed E-state index contributed by atoms with van der Waals surface area (Å²) in [6.45, 7) is 7.20. The number of aryl methyl sites for hydroxylation is 2. The third kappa shape index (κ3) is 2.66. The first-order chi connectivity index (χ1) is 10.6. The smallest absolute Gasteiger partial charge is 0.295 e. The number of aromatic nitrogens is 2. The Hall–Kier alpha value is -2.43. The molecule has 5 nitrogen and oxygen atoms in total. The molecule has 1 aromatic heterocycles. The van der Waals surface area contributed by atoms with Gasteiger partial charge in [0.2, 0.25) is 5.89 Å². The third-order valence-electron chi connectivity index (χ3n) is 4.17. The van der Waals surface area contributed by atoms with E-state index in [0.717, 1.165) is 6.42 Å². The number of hydrogen-bond donors (Lipinski definition) is 0. The van der Waals surface area contributed by atoms with Crippen molar-refractivity contribution in [2.75, 3.05) is 13.1 Å². The van der Waals surface area contributed by atoms with Crippen LogP contribution in [0.3, 0.4) is 0 Å². The topological polar surface area (TPSA) is 59.2 Å². The maximum Gasteiger partial charge on any atom is 0.295 e. The average molecular weight is 297 g/mol. The first kappa shape index (κ1) is 14.5. The quantitative estimate of drug-likeness (QED) is 0.855. The normalized spacial score (nSPS) is 14.9. The minimum absolute atomic E-state index is 0.140. The van der Waals surface area contributed by atoms with E-state index in [2.05, 4.69) is 48.3 Å². The summed E-state index contributed by atoms with van der Waals surface area (Å²) >= 11 is 0. The van der Waals surface area contributed by atoms with Gasteiger partial charge in [-0.3, -0.25) is 4.79 Å². The molecule has 0 N–H and O–H groups in total. The van der Waals surface area contributed by atoms with E-state index in [1.165, 1.54) is 22.3 Å². The van der Waals surface area contributed by atoms with Crippen LogP contribution in [0.5, 0.6) is 0 Å². The van der Waals surface area contributed by atoms with Crippen LogP contribution >= 0.6 is 0 Å². The molecular formula is C17H19N3O2. The lowest BCUT2D eigenvalue weighted by atomic mass is 9.93. The Morgan fingerprint density at radius 3 is 2.73 bits per heavy atom. The van der Waals surface area contributed by atoms with Crippen LogP contribution in [0.1, 0.15) is 39.6 Å². The molecule has 2 aromatic rings. The first-order valence-corrected chi connectivity index (χ1v) is 7.41. The third-order valence-corrected chi connectivity index (χ3v) is 4.17. The number of hydrogen-bond acceptors (Lipinski definition) is 4. The SMILES string of the molecule is Cc1nc(C(=O)N2CC=C(c3cccc(C)c3C)CC2)no1. The van der Waals surface area contributed by atoms with Gasteiger partial charge < -0.3 is 9.42 Å². The van der Waals surface area contributed by atoms with Crippen LogP contribution in [-0.4, -0.2) is 34.0 Å². The Morgan fingerprint density at radius 2 is 2.09 bits per heavy atom. The molecule has 1 amide bonds. The molecule has 0 unspecified atom stereocenters. The molecule has 22 heavy (non-hydrogen) atoms. The molecular weight excluding hydrogens is 278 g/mol. The minimum Gasteiger partial charge on any atom is -0.339 e. The number of carbonyl (C=O) groups is 1. The van der Waals surface area contributed by atoms with Gasteiger partial charge in [0.15, 0.2) is 0 Å². The van der Waals surface area contributed by atoms with E-state index in [-0.39, 0.29) is 11.7 Å². The number of rotatable bonds is 2. The zero-order valence-corrected chi connectivity index (χ0v) is 13.1. The molecule has 0 bridgehead atoms. The fraction of sp³-hybridized carbons (Fsp3) is 0.353. The summed E-state index contributed by atoms with van der Waals surface area (Å²) in [5.41, 5.74) is 5.18. The second-order valence-corrected chi connectivity index (χ2v) is 5.62. The molecule has 3 rings (SSSR count). The Labute approximate surface area is 129 Å². The lowest BCUT2D eigenvalue weighted by Gasteiger charge is -2.26. The molecule has 0 saturated heterocycles. The summed E-state index contributed by atoms with van der Waals surface area (Å²) in [6.07, 6.45) is 2.96. The second kappa shape index (κ2) is 5.75. The van der Waals surface area contributed by atoms with Gasteiger partial charge in [0.05, 0.1) is 0 Å². The van der Waals surface area contributed by atoms with E-state index >= 15 is 0 Å². The highest BCUT2D eigenvalue weighted by molar-refractivity contribution is 5.91. The van der Waals surface area contributed by atoms with Crippen LogP contribution in [0, 0.1) is 20.8 Å². The van der Waals surface area contributed by atoms with Crippen LogP contribution in [-0.2, 0) is 0 Å². The second-order valence-electron chi connectivity index (χ2n) is 5.62. The zero-order chi connectivity index (χ0) is 15.7. The Morgan fingerprint density at radius 1 is 1.27 bits per heavy atom. The maximum absolute atomic E-state index is 12.3. The molecule has 0 fully saturated rings. The molecule has 1 aliphatic rings. The van der Waals surface area contributed by atoms with Crippen molar-refractivity contribution in [3.63, 3.8) is 0 Å². The highest BCUT2D eigenvalue weighted by atomic mass is 16.5. The Kier molecular flexibility index (Phi) is 3.79. The van der Waals surface area contributed by atoms with Crippen molar-refractivity contribution in [2.24, 2.45) is 0 Å². The lowest BCUT2D eigenvalue weighted by Crippen LogP contribution is -2.35. The number of carbonyl (C=O) groups excluding carboxylic acids is 1. The predicted molar refractivity (Wildman–Crippen MR) is 83.4 cm³/mol. The predicted octanol–water partition coefficient (Wildman–Crippen LogP) is 2.92. The van der Waals surface area contributed by atoms with E-state index in [1.807, 2.05) is 0 Å². The van der Waals surface area contributed by atoms with Gasteiger partial charge in [-0.25, -0.2) is 0 Å². The van der Waals surface area contributed by atoms with Gasteiger partial charge in [-0.1, -0.05) is 29.4 Å². The van der Waals surface area contributed by atoms with Crippen LogP contribution in [0.2, 0.25) is 0 Å². The van der Waals surface area contributed by atoms with Gasteiger partial charge in [0, 0.05) is 20.0 Å². The summed E-state index contributed by atoms with van der Waals surface area (Å²) in [6, 6.07) is 6.35. The highest BCUT2D eigenvalue weighted by Gasteiger charge is 2.23. The first-order valence-electron chi connectivity index (χ1n) is 7.41. The summed E-state index contributed by atoms with van der Waals surface area (Å²) in [4.78, 5) is 18.0. The molecule has 1 aliphatic heterocycles. The van der Waals surface area contributed by atoms with E-state index < -0.39 is 0 Å². The number of amides is 1. The molecule has 0 aliphatic carbocycles. The molecule has 0 spiro atoms. The summed E-state index contributed by atoms with van der Waals surface area (Å²) in [7, 11) is 0. The fourth-order valence-corrected chi connectivity index (χ4v) is 2.72. The monoisotopic (exact) mass is 297 g/mol. The van der Waals surface area contributed by atoms with Crippen molar-refractivity contribution < 1.29 is 9.32 Å². The number of benzene rings is 1. The Balaban J connectivity index is 1.77. The van der Waals surface area contributed by atoms with Crippen LogP contribution < -0.4 is 0 Å². The van der Waals surface area contributed by atoms with Gasteiger partial charge in [-0.05, 0) is 42.5 Å². The van der Waals surface area contributed by atoms with Crippen molar-refractivity contribution in [1.82, 2.24) is 15.0 Å². The van der Waals surface area contributed by atoms with Crippen LogP contribution in [0.25, 0.3) is 5.57 Å². The number of nitrogens with zero attached hydrogens (tertiary/aromatic N) is 3. The minimum atomic E-state index is -0.173. The Bertz CT molecular complexity index is 746. The zero-order valence-electron chi connectivity index (χ0n) is 13.1. The molecule has 114 valence electrons. The summed E-state index contributed by atoms with van der Waals surface area (Å²) in [5, 5.41) is 3.70. The van der Waals surface area contributed by atoms with Crippen LogP contribution in [0.15, 0.2) is 28.8 Å². The fourth-order valence-electron chi connectivity index (χ4n) is 2.72. The van der Waals surface area contributed by atoms with Gasteiger partial charge >= 0.3 is 0 Å². The molecule has 0 atom stereocenters. The van der Waals surface area contributed by atoms with Crippen molar-refractivity contribution in [3.05, 3.63) is 52.7 Å². The van der Waals surface area contributed by atoms with E-state index in [4.69, 9.17) is 4.52 Å². The molecule has 1 aromatic carbocycles. The van der Waals surface area contributed by atoms with Gasteiger partial charge in [0.1, 0.15) is 0 Å². The van der Waals surface area contributed by atoms with Crippen molar-refractivity contribution in [3.8, 4) is 0 Å². The largest absolute Gasteiger partial charge is 0.339 e. The molecule has 2 heterocycles. The van der Waals surface area contributed by atoms with Crippen molar-refractivity contribution in [1.29, 1.82) is 0 Å². The van der Waals surface area contributed by atoms with Gasteiger partial charge in [0.25, 0.3) is 11.7 Å². The molecule has 0 saturated carbocycles. The van der Waals surface area contributed by atoms with E-state index in [9.17, 15) is 4.79 Å². The van der Waals surface area contributed by atoms with E-state index in [1.54, 1.807) is 11.8 Å².